The fraction of sp³-hybridized carbons (Fsp3) is 0.438. The van der Waals surface area contributed by atoms with Crippen molar-refractivity contribution in [3.8, 4) is 5.75 Å². The van der Waals surface area contributed by atoms with Gasteiger partial charge in [-0.15, -0.1) is 0 Å². The van der Waals surface area contributed by atoms with E-state index in [1.54, 1.807) is 19.4 Å². The van der Waals surface area contributed by atoms with Gasteiger partial charge in [0.15, 0.2) is 6.29 Å². The average molecular weight is 308 g/mol. The largest absolute Gasteiger partial charge is 0.497 e. The summed E-state index contributed by atoms with van der Waals surface area (Å²) in [5, 5.41) is 5.31. The van der Waals surface area contributed by atoms with Crippen molar-refractivity contribution in [3.05, 3.63) is 36.0 Å². The number of hydrogen-bond acceptors (Lipinski definition) is 4. The summed E-state index contributed by atoms with van der Waals surface area (Å²) < 4.78 is 15.8. The van der Waals surface area contributed by atoms with E-state index in [1.807, 2.05) is 38.1 Å². The number of ether oxygens (including phenoxy) is 3. The second kappa shape index (κ2) is 10.6. The van der Waals surface area contributed by atoms with Gasteiger partial charge in [0.05, 0.1) is 13.7 Å². The Morgan fingerprint density at radius 2 is 2.00 bits per heavy atom. The van der Waals surface area contributed by atoms with Crippen molar-refractivity contribution >= 4 is 12.1 Å². The lowest BCUT2D eigenvalue weighted by Crippen LogP contribution is -2.39. The third kappa shape index (κ3) is 7.10. The van der Waals surface area contributed by atoms with Gasteiger partial charge in [0.1, 0.15) is 5.75 Å². The van der Waals surface area contributed by atoms with E-state index in [4.69, 9.17) is 14.2 Å². The summed E-state index contributed by atoms with van der Waals surface area (Å²) in [4.78, 5) is 11.7. The number of carbonyl (C=O) groups is 1. The summed E-state index contributed by atoms with van der Waals surface area (Å²) in [7, 11) is 1.61. The third-order valence-electron chi connectivity index (χ3n) is 2.72. The van der Waals surface area contributed by atoms with E-state index in [2.05, 4.69) is 10.6 Å². The quantitative estimate of drug-likeness (QED) is 0.687. The van der Waals surface area contributed by atoms with Gasteiger partial charge in [-0.05, 0) is 37.6 Å². The van der Waals surface area contributed by atoms with Crippen molar-refractivity contribution in [2.45, 2.75) is 20.1 Å². The molecule has 2 amide bonds. The first-order valence-corrected chi connectivity index (χ1v) is 7.27. The molecule has 0 aromatic heterocycles. The van der Waals surface area contributed by atoms with Crippen LogP contribution < -0.4 is 15.4 Å². The lowest BCUT2D eigenvalue weighted by Gasteiger charge is -2.17. The van der Waals surface area contributed by atoms with Crippen molar-refractivity contribution < 1.29 is 19.0 Å². The molecule has 0 aliphatic rings. The van der Waals surface area contributed by atoms with Gasteiger partial charge in [-0.3, -0.25) is 0 Å². The number of nitrogens with one attached hydrogen (secondary N) is 2. The zero-order valence-corrected chi connectivity index (χ0v) is 13.3. The Morgan fingerprint density at radius 3 is 2.64 bits per heavy atom. The molecule has 0 aliphatic heterocycles. The minimum atomic E-state index is -0.428. The molecule has 22 heavy (non-hydrogen) atoms. The number of carbonyl (C=O) groups excluding carboxylic acids is 1. The Kier molecular flexibility index (Phi) is 8.71. The van der Waals surface area contributed by atoms with Gasteiger partial charge in [0.2, 0.25) is 0 Å². The predicted octanol–water partition coefficient (Wildman–Crippen LogP) is 2.36. The van der Waals surface area contributed by atoms with Crippen LogP contribution in [0.2, 0.25) is 0 Å². The Balaban J connectivity index is 2.36. The zero-order chi connectivity index (χ0) is 16.2. The highest BCUT2D eigenvalue weighted by Crippen LogP contribution is 2.13. The molecule has 0 heterocycles. The Hall–Kier alpha value is -2.05. The molecule has 2 N–H and O–H groups in total. The monoisotopic (exact) mass is 308 g/mol. The number of urea groups is 1. The summed E-state index contributed by atoms with van der Waals surface area (Å²) in [6, 6.07) is 7.21. The molecule has 0 saturated heterocycles. The molecule has 0 bridgehead atoms. The maximum Gasteiger partial charge on any atom is 0.318 e. The van der Waals surface area contributed by atoms with Crippen LogP contribution in [0.15, 0.2) is 30.5 Å². The first-order valence-electron chi connectivity index (χ1n) is 7.27. The van der Waals surface area contributed by atoms with Crippen LogP contribution in [0.4, 0.5) is 4.79 Å². The van der Waals surface area contributed by atoms with Crippen molar-refractivity contribution in [3.63, 3.8) is 0 Å². The molecule has 0 spiro atoms. The number of rotatable bonds is 9. The minimum absolute atomic E-state index is 0.292. The summed E-state index contributed by atoms with van der Waals surface area (Å²) in [6.45, 7) is 5.11. The highest BCUT2D eigenvalue weighted by atomic mass is 16.7. The fourth-order valence-electron chi connectivity index (χ4n) is 1.72. The Labute approximate surface area is 131 Å². The van der Waals surface area contributed by atoms with E-state index in [9.17, 15) is 4.79 Å². The number of methoxy groups -OCH3 is 1. The zero-order valence-electron chi connectivity index (χ0n) is 13.3. The first-order chi connectivity index (χ1) is 10.7. The molecule has 1 aromatic carbocycles. The van der Waals surface area contributed by atoms with Crippen LogP contribution in [-0.4, -0.2) is 39.2 Å². The molecule has 0 unspecified atom stereocenters. The van der Waals surface area contributed by atoms with Crippen molar-refractivity contribution in [1.29, 1.82) is 0 Å². The molecule has 0 atom stereocenters. The SMILES string of the molecule is CCOC(CNC(=O)N/C=C/c1cccc(OC)c1)OCC. The predicted molar refractivity (Wildman–Crippen MR) is 85.6 cm³/mol. The summed E-state index contributed by atoms with van der Waals surface area (Å²) >= 11 is 0. The second-order valence-corrected chi connectivity index (χ2v) is 4.30. The van der Waals surface area contributed by atoms with E-state index >= 15 is 0 Å². The standard InChI is InChI=1S/C16H24N2O4/c1-4-21-15(22-5-2)12-18-16(19)17-10-9-13-7-6-8-14(11-13)20-3/h6-11,15H,4-5,12H2,1-3H3,(H2,17,18,19)/b10-9+. The van der Waals surface area contributed by atoms with Gasteiger partial charge < -0.3 is 24.8 Å². The van der Waals surface area contributed by atoms with Gasteiger partial charge in [-0.2, -0.15) is 0 Å². The highest BCUT2D eigenvalue weighted by molar-refractivity contribution is 5.75. The van der Waals surface area contributed by atoms with Gasteiger partial charge in [-0.25, -0.2) is 4.79 Å². The molecule has 0 aliphatic carbocycles. The first kappa shape index (κ1) is 18.0. The molecule has 6 nitrogen and oxygen atoms in total. The number of amides is 2. The molecule has 0 fully saturated rings. The van der Waals surface area contributed by atoms with Crippen molar-refractivity contribution in [1.82, 2.24) is 10.6 Å². The topological polar surface area (TPSA) is 68.8 Å². The van der Waals surface area contributed by atoms with Gasteiger partial charge >= 0.3 is 6.03 Å². The van der Waals surface area contributed by atoms with E-state index < -0.39 is 6.29 Å². The van der Waals surface area contributed by atoms with E-state index in [0.29, 0.717) is 19.8 Å². The van der Waals surface area contributed by atoms with Crippen LogP contribution in [0.25, 0.3) is 6.08 Å². The van der Waals surface area contributed by atoms with Crippen LogP contribution >= 0.6 is 0 Å². The molecule has 1 aromatic rings. The van der Waals surface area contributed by atoms with Crippen molar-refractivity contribution in [2.24, 2.45) is 0 Å². The van der Waals surface area contributed by atoms with E-state index in [1.165, 1.54) is 0 Å². The maximum absolute atomic E-state index is 11.7. The van der Waals surface area contributed by atoms with Gasteiger partial charge in [-0.1, -0.05) is 12.1 Å². The fourth-order valence-corrected chi connectivity index (χ4v) is 1.72. The van der Waals surface area contributed by atoms with Crippen LogP contribution in [0, 0.1) is 0 Å². The van der Waals surface area contributed by atoms with E-state index in [-0.39, 0.29) is 6.03 Å². The Bertz CT molecular complexity index is 471. The average Bonchev–Trinajstić information content (AvgIpc) is 2.53. The summed E-state index contributed by atoms with van der Waals surface area (Å²) in [6.07, 6.45) is 2.92. The Morgan fingerprint density at radius 1 is 1.27 bits per heavy atom. The summed E-state index contributed by atoms with van der Waals surface area (Å²) in [5.74, 6) is 0.767. The molecule has 1 rings (SSSR count). The van der Waals surface area contributed by atoms with Crippen LogP contribution in [0.1, 0.15) is 19.4 Å². The van der Waals surface area contributed by atoms with Crippen LogP contribution in [0.3, 0.4) is 0 Å². The highest BCUT2D eigenvalue weighted by Gasteiger charge is 2.08. The van der Waals surface area contributed by atoms with Crippen molar-refractivity contribution in [2.75, 3.05) is 26.9 Å². The van der Waals surface area contributed by atoms with Crippen LogP contribution in [0.5, 0.6) is 5.75 Å². The number of benzene rings is 1. The van der Waals surface area contributed by atoms with E-state index in [0.717, 1.165) is 11.3 Å². The van der Waals surface area contributed by atoms with Gasteiger partial charge in [0, 0.05) is 19.4 Å². The normalized spacial score (nSPS) is 10.9. The number of hydrogen-bond donors (Lipinski definition) is 2. The smallest absolute Gasteiger partial charge is 0.318 e. The lowest BCUT2D eigenvalue weighted by atomic mass is 10.2. The molecule has 0 radical (unpaired) electrons. The van der Waals surface area contributed by atoms with Gasteiger partial charge in [0.25, 0.3) is 0 Å². The maximum atomic E-state index is 11.7. The minimum Gasteiger partial charge on any atom is -0.497 e. The van der Waals surface area contributed by atoms with Crippen LogP contribution in [-0.2, 0) is 9.47 Å². The molecular formula is C16H24N2O4. The molecule has 6 heteroatoms. The lowest BCUT2D eigenvalue weighted by molar-refractivity contribution is -0.131. The third-order valence-corrected chi connectivity index (χ3v) is 2.72. The summed E-state index contributed by atoms with van der Waals surface area (Å²) in [5.41, 5.74) is 0.932. The molecular weight excluding hydrogens is 284 g/mol. The molecule has 122 valence electrons. The molecule has 0 saturated carbocycles. The second-order valence-electron chi connectivity index (χ2n) is 4.30.